The summed E-state index contributed by atoms with van der Waals surface area (Å²) in [5.74, 6) is -4.67. The van der Waals surface area contributed by atoms with Gasteiger partial charge in [0.1, 0.15) is 28.9 Å². The SMILES string of the molecule is C=CCOC(=O)c1sc(N2C(=O)C(=O)/C(=C(\O)c3ccc(C)c(F)c3)C2c2cccc(F)c2)nc1C. The molecule has 2 aromatic carbocycles. The van der Waals surface area contributed by atoms with Gasteiger partial charge in [-0.1, -0.05) is 48.3 Å². The lowest BCUT2D eigenvalue weighted by Gasteiger charge is -2.23. The van der Waals surface area contributed by atoms with Gasteiger partial charge in [0.25, 0.3) is 5.78 Å². The fourth-order valence-electron chi connectivity index (χ4n) is 3.79. The third-order valence-electron chi connectivity index (χ3n) is 5.56. The van der Waals surface area contributed by atoms with Gasteiger partial charge in [-0.25, -0.2) is 18.6 Å². The van der Waals surface area contributed by atoms with Crippen molar-refractivity contribution in [3.8, 4) is 0 Å². The molecule has 36 heavy (non-hydrogen) atoms. The average molecular weight is 511 g/mol. The van der Waals surface area contributed by atoms with E-state index in [1.807, 2.05) is 0 Å². The second-order valence-electron chi connectivity index (χ2n) is 7.99. The van der Waals surface area contributed by atoms with Crippen LogP contribution >= 0.6 is 11.3 Å². The molecule has 10 heteroatoms. The van der Waals surface area contributed by atoms with E-state index in [0.29, 0.717) is 5.56 Å². The van der Waals surface area contributed by atoms with Crippen molar-refractivity contribution in [1.29, 1.82) is 0 Å². The van der Waals surface area contributed by atoms with Gasteiger partial charge in [0.2, 0.25) is 0 Å². The molecular weight excluding hydrogens is 490 g/mol. The highest BCUT2D eigenvalue weighted by molar-refractivity contribution is 7.17. The summed E-state index contributed by atoms with van der Waals surface area (Å²) < 4.78 is 33.5. The Labute approximate surface area is 209 Å². The fourth-order valence-corrected chi connectivity index (χ4v) is 4.78. The van der Waals surface area contributed by atoms with Crippen LogP contribution in [0.25, 0.3) is 5.76 Å². The number of ketones is 1. The lowest BCUT2D eigenvalue weighted by atomic mass is 9.95. The predicted octanol–water partition coefficient (Wildman–Crippen LogP) is 5.01. The molecule has 1 amide bonds. The van der Waals surface area contributed by atoms with Gasteiger partial charge in [-0.2, -0.15) is 0 Å². The van der Waals surface area contributed by atoms with Crippen molar-refractivity contribution in [2.45, 2.75) is 19.9 Å². The Bertz CT molecular complexity index is 1450. The number of rotatable bonds is 6. The van der Waals surface area contributed by atoms with Gasteiger partial charge in [0.05, 0.1) is 17.3 Å². The first kappa shape index (κ1) is 24.9. The largest absolute Gasteiger partial charge is 0.507 e. The van der Waals surface area contributed by atoms with Crippen LogP contribution in [0.15, 0.2) is 60.7 Å². The van der Waals surface area contributed by atoms with Crippen LogP contribution in [0.2, 0.25) is 0 Å². The molecule has 1 atom stereocenters. The van der Waals surface area contributed by atoms with Crippen molar-refractivity contribution in [1.82, 2.24) is 4.98 Å². The predicted molar refractivity (Wildman–Crippen MR) is 130 cm³/mol. The molecule has 7 nitrogen and oxygen atoms in total. The number of ether oxygens (including phenoxy) is 1. The van der Waals surface area contributed by atoms with Gasteiger partial charge in [-0.05, 0) is 43.2 Å². The highest BCUT2D eigenvalue weighted by atomic mass is 32.1. The standard InChI is InChI=1S/C26H20F2N2O5S/c1-4-10-35-25(34)23-14(3)29-26(36-23)30-20(15-6-5-7-17(27)11-15)19(22(32)24(30)33)21(31)16-9-8-13(2)18(28)12-16/h4-9,11-12,20,31H,1,10H2,2-3H3/b21-19-. The van der Waals surface area contributed by atoms with Crippen molar-refractivity contribution in [3.63, 3.8) is 0 Å². The molecule has 1 fully saturated rings. The van der Waals surface area contributed by atoms with Crippen LogP contribution in [-0.4, -0.2) is 34.4 Å². The molecule has 1 N–H and O–H groups in total. The van der Waals surface area contributed by atoms with Crippen LogP contribution in [0, 0.1) is 25.5 Å². The van der Waals surface area contributed by atoms with Gasteiger partial charge in [0, 0.05) is 5.56 Å². The first-order valence-corrected chi connectivity index (χ1v) is 11.5. The second-order valence-corrected chi connectivity index (χ2v) is 8.96. The van der Waals surface area contributed by atoms with Crippen molar-refractivity contribution < 1.29 is 33.0 Å². The number of hydrogen-bond donors (Lipinski definition) is 1. The monoisotopic (exact) mass is 510 g/mol. The Balaban J connectivity index is 1.90. The molecule has 0 radical (unpaired) electrons. The summed E-state index contributed by atoms with van der Waals surface area (Å²) in [4.78, 5) is 44.2. The minimum Gasteiger partial charge on any atom is -0.507 e. The Morgan fingerprint density at radius 2 is 1.97 bits per heavy atom. The van der Waals surface area contributed by atoms with Crippen LogP contribution < -0.4 is 4.90 Å². The number of carbonyl (C=O) groups is 3. The summed E-state index contributed by atoms with van der Waals surface area (Å²) in [6.07, 6.45) is 1.39. The number of Topliss-reactive ketones (excluding diaryl/α,β-unsaturated/α-hetero) is 1. The fraction of sp³-hybridized carbons (Fsp3) is 0.154. The van der Waals surface area contributed by atoms with Crippen LogP contribution in [0.5, 0.6) is 0 Å². The topological polar surface area (TPSA) is 96.8 Å². The molecule has 0 aliphatic carbocycles. The Hall–Kier alpha value is -4.18. The number of hydrogen-bond acceptors (Lipinski definition) is 7. The number of aryl methyl sites for hydroxylation is 2. The Kier molecular flexibility index (Phi) is 6.80. The summed E-state index contributed by atoms with van der Waals surface area (Å²) in [6, 6.07) is 7.76. The first-order valence-electron chi connectivity index (χ1n) is 10.7. The number of halogens is 2. The van der Waals surface area contributed by atoms with Gasteiger partial charge >= 0.3 is 11.9 Å². The Morgan fingerprint density at radius 3 is 2.64 bits per heavy atom. The first-order chi connectivity index (χ1) is 17.1. The van der Waals surface area contributed by atoms with Gasteiger partial charge in [-0.15, -0.1) is 0 Å². The third kappa shape index (κ3) is 4.42. The van der Waals surface area contributed by atoms with Crippen molar-refractivity contribution >= 4 is 39.9 Å². The highest BCUT2D eigenvalue weighted by Gasteiger charge is 2.48. The van der Waals surface area contributed by atoms with E-state index in [1.165, 1.54) is 50.3 Å². The maximum absolute atomic E-state index is 14.2. The van der Waals surface area contributed by atoms with E-state index in [0.717, 1.165) is 28.4 Å². The molecular formula is C26H20F2N2O5S. The number of nitrogens with zero attached hydrogens (tertiary/aromatic N) is 2. The van der Waals surface area contributed by atoms with Crippen LogP contribution in [0.3, 0.4) is 0 Å². The number of benzene rings is 2. The van der Waals surface area contributed by atoms with E-state index < -0.39 is 41.1 Å². The number of aromatic nitrogens is 1. The molecule has 1 aliphatic heterocycles. The summed E-state index contributed by atoms with van der Waals surface area (Å²) in [6.45, 7) is 6.52. The van der Waals surface area contributed by atoms with E-state index in [4.69, 9.17) is 4.74 Å². The quantitative estimate of drug-likeness (QED) is 0.165. The molecule has 1 unspecified atom stereocenters. The van der Waals surface area contributed by atoms with Gasteiger partial charge in [0.15, 0.2) is 5.13 Å². The summed E-state index contributed by atoms with van der Waals surface area (Å²) in [5, 5.41) is 11.0. The average Bonchev–Trinajstić information content (AvgIpc) is 3.35. The third-order valence-corrected chi connectivity index (χ3v) is 6.70. The molecule has 0 bridgehead atoms. The molecule has 184 valence electrons. The molecule has 0 saturated carbocycles. The number of esters is 1. The molecule has 1 aliphatic rings. The minimum absolute atomic E-state index is 0.0245. The molecule has 0 spiro atoms. The zero-order valence-corrected chi connectivity index (χ0v) is 20.1. The van der Waals surface area contributed by atoms with E-state index in [9.17, 15) is 28.3 Å². The van der Waals surface area contributed by atoms with Crippen LogP contribution in [0.4, 0.5) is 13.9 Å². The molecule has 2 heterocycles. The summed E-state index contributed by atoms with van der Waals surface area (Å²) in [5.41, 5.74) is 0.360. The van der Waals surface area contributed by atoms with Crippen molar-refractivity contribution in [2.75, 3.05) is 11.5 Å². The van der Waals surface area contributed by atoms with E-state index >= 15 is 0 Å². The summed E-state index contributed by atoms with van der Waals surface area (Å²) >= 11 is 0.813. The normalized spacial score (nSPS) is 16.9. The van der Waals surface area contributed by atoms with Crippen LogP contribution in [0.1, 0.15) is 38.1 Å². The number of thiazole rings is 1. The number of aliphatic hydroxyl groups is 1. The smallest absolute Gasteiger partial charge is 0.350 e. The van der Waals surface area contributed by atoms with Crippen molar-refractivity contribution in [3.05, 3.63) is 99.6 Å². The minimum atomic E-state index is -1.28. The van der Waals surface area contributed by atoms with E-state index in [-0.39, 0.29) is 39.0 Å². The second kappa shape index (κ2) is 9.82. The molecule has 1 aromatic heterocycles. The zero-order valence-electron chi connectivity index (χ0n) is 19.2. The molecule has 1 saturated heterocycles. The van der Waals surface area contributed by atoms with Gasteiger partial charge in [-0.3, -0.25) is 14.5 Å². The lowest BCUT2D eigenvalue weighted by Crippen LogP contribution is -2.29. The van der Waals surface area contributed by atoms with Gasteiger partial charge < -0.3 is 9.84 Å². The zero-order chi connectivity index (χ0) is 26.1. The maximum Gasteiger partial charge on any atom is 0.350 e. The lowest BCUT2D eigenvalue weighted by molar-refractivity contribution is -0.132. The number of amides is 1. The number of anilines is 1. The van der Waals surface area contributed by atoms with Crippen LogP contribution in [-0.2, 0) is 14.3 Å². The highest BCUT2D eigenvalue weighted by Crippen LogP contribution is 2.44. The summed E-state index contributed by atoms with van der Waals surface area (Å²) in [7, 11) is 0. The Morgan fingerprint density at radius 1 is 1.22 bits per heavy atom. The van der Waals surface area contributed by atoms with E-state index in [1.54, 1.807) is 0 Å². The maximum atomic E-state index is 14.2. The van der Waals surface area contributed by atoms with E-state index in [2.05, 4.69) is 11.6 Å². The molecule has 3 aromatic rings. The van der Waals surface area contributed by atoms with Crippen molar-refractivity contribution in [2.24, 2.45) is 0 Å². The number of carbonyl (C=O) groups excluding carboxylic acids is 3. The number of aliphatic hydroxyl groups excluding tert-OH is 1. The molecule has 4 rings (SSSR count).